The van der Waals surface area contributed by atoms with Gasteiger partial charge in [0.1, 0.15) is 0 Å². The lowest BCUT2D eigenvalue weighted by Gasteiger charge is -2.27. The molecule has 1 atom stereocenters. The van der Waals surface area contributed by atoms with Crippen LogP contribution >= 0.6 is 0 Å². The Morgan fingerprint density at radius 3 is 2.60 bits per heavy atom. The quantitative estimate of drug-likeness (QED) is 0.534. The van der Waals surface area contributed by atoms with E-state index in [4.69, 9.17) is 0 Å². The van der Waals surface area contributed by atoms with Crippen molar-refractivity contribution in [3.05, 3.63) is 6.92 Å². The summed E-state index contributed by atoms with van der Waals surface area (Å²) in [4.78, 5) is 0. The maximum atomic E-state index is 12.6. The number of hydrogen-bond acceptors (Lipinski definition) is 0. The lowest BCUT2D eigenvalue weighted by molar-refractivity contribution is -0.0519. The Morgan fingerprint density at radius 1 is 1.50 bits per heavy atom. The van der Waals surface area contributed by atoms with Crippen LogP contribution in [0.3, 0.4) is 0 Å². The lowest BCUT2D eigenvalue weighted by Crippen LogP contribution is -2.25. The second-order valence-corrected chi connectivity index (χ2v) is 3.11. The van der Waals surface area contributed by atoms with Crippen molar-refractivity contribution in [2.24, 2.45) is 5.92 Å². The molecule has 2 heteroatoms. The molecule has 0 amide bonds. The van der Waals surface area contributed by atoms with Crippen LogP contribution in [0.25, 0.3) is 0 Å². The molecule has 1 radical (unpaired) electrons. The fraction of sp³-hybridized carbons (Fsp3) is 0.875. The molecule has 0 aromatic carbocycles. The van der Waals surface area contributed by atoms with Crippen LogP contribution in [0, 0.1) is 12.8 Å². The van der Waals surface area contributed by atoms with E-state index in [1.807, 2.05) is 0 Å². The van der Waals surface area contributed by atoms with E-state index in [1.54, 1.807) is 0 Å². The molecule has 59 valence electrons. The molecule has 0 spiro atoms. The van der Waals surface area contributed by atoms with Gasteiger partial charge in [-0.1, -0.05) is 19.8 Å². The molecule has 0 nitrogen and oxygen atoms in total. The number of halogens is 2. The third-order valence-corrected chi connectivity index (χ3v) is 2.15. The monoisotopic (exact) mass is 147 g/mol. The zero-order valence-corrected chi connectivity index (χ0v) is 6.08. The first kappa shape index (κ1) is 7.96. The number of rotatable bonds is 1. The van der Waals surface area contributed by atoms with Gasteiger partial charge >= 0.3 is 0 Å². The van der Waals surface area contributed by atoms with Gasteiger partial charge in [0.05, 0.1) is 0 Å². The fourth-order valence-electron chi connectivity index (χ4n) is 1.52. The molecule has 0 bridgehead atoms. The average molecular weight is 147 g/mol. The Labute approximate surface area is 60.6 Å². The predicted molar refractivity (Wildman–Crippen MR) is 36.9 cm³/mol. The van der Waals surface area contributed by atoms with Crippen LogP contribution in [-0.4, -0.2) is 5.92 Å². The first-order valence-corrected chi connectivity index (χ1v) is 3.81. The van der Waals surface area contributed by atoms with Gasteiger partial charge in [-0.05, 0) is 12.3 Å². The van der Waals surface area contributed by atoms with E-state index in [0.29, 0.717) is 12.8 Å². The van der Waals surface area contributed by atoms with Crippen molar-refractivity contribution in [2.75, 3.05) is 0 Å². The molecule has 0 N–H and O–H groups in total. The van der Waals surface area contributed by atoms with Crippen LogP contribution in [0.2, 0.25) is 0 Å². The van der Waals surface area contributed by atoms with Crippen molar-refractivity contribution in [1.82, 2.24) is 0 Å². The van der Waals surface area contributed by atoms with Crippen LogP contribution in [0.5, 0.6) is 0 Å². The second kappa shape index (κ2) is 2.85. The molecular weight excluding hydrogens is 134 g/mol. The predicted octanol–water partition coefficient (Wildman–Crippen LogP) is 3.04. The van der Waals surface area contributed by atoms with Crippen molar-refractivity contribution in [1.29, 1.82) is 0 Å². The second-order valence-electron chi connectivity index (χ2n) is 3.11. The molecule has 10 heavy (non-hydrogen) atoms. The van der Waals surface area contributed by atoms with Crippen LogP contribution in [-0.2, 0) is 0 Å². The van der Waals surface area contributed by atoms with Gasteiger partial charge in [0.25, 0.3) is 0 Å². The molecule has 0 heterocycles. The molecule has 0 aromatic heterocycles. The Balaban J connectivity index is 2.40. The molecular formula is C8H13F2. The lowest BCUT2D eigenvalue weighted by atomic mass is 9.85. The molecule has 0 aliphatic heterocycles. The Hall–Kier alpha value is -0.140. The summed E-state index contributed by atoms with van der Waals surface area (Å²) in [5, 5.41) is 0. The normalized spacial score (nSPS) is 32.1. The third kappa shape index (κ3) is 1.93. The van der Waals surface area contributed by atoms with E-state index < -0.39 is 5.92 Å². The minimum absolute atomic E-state index is 0.0660. The molecule has 1 rings (SSSR count). The van der Waals surface area contributed by atoms with Crippen LogP contribution in [0.1, 0.15) is 32.1 Å². The maximum absolute atomic E-state index is 12.6. The fourth-order valence-corrected chi connectivity index (χ4v) is 1.52. The molecule has 1 unspecified atom stereocenters. The topological polar surface area (TPSA) is 0 Å². The van der Waals surface area contributed by atoms with Gasteiger partial charge in [-0.15, -0.1) is 0 Å². The van der Waals surface area contributed by atoms with E-state index in [2.05, 4.69) is 6.92 Å². The highest BCUT2D eigenvalue weighted by molar-refractivity contribution is 4.78. The number of alkyl halides is 2. The molecule has 1 fully saturated rings. The summed E-state index contributed by atoms with van der Waals surface area (Å²) in [6.07, 6.45) is 2.43. The number of hydrogen-bond donors (Lipinski definition) is 0. The first-order valence-electron chi connectivity index (χ1n) is 3.81. The largest absolute Gasteiger partial charge is 0.248 e. The van der Waals surface area contributed by atoms with E-state index in [1.165, 1.54) is 0 Å². The van der Waals surface area contributed by atoms with Crippen LogP contribution in [0.4, 0.5) is 8.78 Å². The van der Waals surface area contributed by atoms with Crippen molar-refractivity contribution in [3.63, 3.8) is 0 Å². The van der Waals surface area contributed by atoms with Gasteiger partial charge in [0.2, 0.25) is 5.92 Å². The summed E-state index contributed by atoms with van der Waals surface area (Å²) in [6.45, 7) is 3.64. The molecule has 1 aliphatic rings. The summed E-state index contributed by atoms with van der Waals surface area (Å²) in [7, 11) is 0. The van der Waals surface area contributed by atoms with E-state index in [-0.39, 0.29) is 18.8 Å². The molecule has 1 saturated carbocycles. The standard InChI is InChI=1S/C8H13F2/c1-2-7-4-3-5-8(9,10)6-7/h7H,1-6H2. The van der Waals surface area contributed by atoms with Gasteiger partial charge in [-0.2, -0.15) is 0 Å². The van der Waals surface area contributed by atoms with Gasteiger partial charge in [-0.3, -0.25) is 0 Å². The van der Waals surface area contributed by atoms with E-state index >= 15 is 0 Å². The van der Waals surface area contributed by atoms with Crippen molar-refractivity contribution in [2.45, 2.75) is 38.0 Å². The summed E-state index contributed by atoms with van der Waals surface area (Å²) in [5.74, 6) is -2.22. The van der Waals surface area contributed by atoms with Crippen molar-refractivity contribution >= 4 is 0 Å². The van der Waals surface area contributed by atoms with Gasteiger partial charge in [0.15, 0.2) is 0 Å². The minimum Gasteiger partial charge on any atom is -0.207 e. The smallest absolute Gasteiger partial charge is 0.207 e. The Kier molecular flexibility index (Phi) is 2.27. The van der Waals surface area contributed by atoms with E-state index in [0.717, 1.165) is 6.42 Å². The van der Waals surface area contributed by atoms with Crippen LogP contribution in [0.15, 0.2) is 0 Å². The van der Waals surface area contributed by atoms with E-state index in [9.17, 15) is 8.78 Å². The third-order valence-electron chi connectivity index (χ3n) is 2.15. The highest BCUT2D eigenvalue weighted by Crippen LogP contribution is 2.37. The minimum atomic E-state index is -2.39. The zero-order chi connectivity index (χ0) is 7.61. The SMILES string of the molecule is [CH2]CC1CCCC(F)(F)C1. The maximum Gasteiger partial charge on any atom is 0.248 e. The average Bonchev–Trinajstić information content (AvgIpc) is 1.86. The summed E-state index contributed by atoms with van der Waals surface area (Å²) >= 11 is 0. The Bertz CT molecular complexity index is 110. The van der Waals surface area contributed by atoms with Gasteiger partial charge < -0.3 is 0 Å². The summed E-state index contributed by atoms with van der Waals surface area (Å²) < 4.78 is 25.2. The zero-order valence-electron chi connectivity index (χ0n) is 6.08. The van der Waals surface area contributed by atoms with Gasteiger partial charge in [-0.25, -0.2) is 8.78 Å². The molecule has 0 saturated heterocycles. The highest BCUT2D eigenvalue weighted by atomic mass is 19.3. The van der Waals surface area contributed by atoms with Crippen molar-refractivity contribution in [3.8, 4) is 0 Å². The highest BCUT2D eigenvalue weighted by Gasteiger charge is 2.35. The van der Waals surface area contributed by atoms with Crippen molar-refractivity contribution < 1.29 is 8.78 Å². The summed E-state index contributed by atoms with van der Waals surface area (Å²) in [6, 6.07) is 0. The molecule has 0 aromatic rings. The Morgan fingerprint density at radius 2 is 2.20 bits per heavy atom. The summed E-state index contributed by atoms with van der Waals surface area (Å²) in [5.41, 5.74) is 0. The van der Waals surface area contributed by atoms with Gasteiger partial charge in [0, 0.05) is 12.8 Å². The van der Waals surface area contributed by atoms with Crippen LogP contribution < -0.4 is 0 Å². The first-order chi connectivity index (χ1) is 4.64. The molecule has 1 aliphatic carbocycles.